The number of rotatable bonds is 9. The molecule has 3 aromatic carbocycles. The molecular weight excluding hydrogens is 522 g/mol. The van der Waals surface area contributed by atoms with Crippen LogP contribution >= 0.6 is 15.9 Å². The molecule has 178 valence electrons. The average Bonchev–Trinajstić information content (AvgIpc) is 2.85. The molecule has 0 saturated carbocycles. The number of nitrogens with zero attached hydrogens (tertiary/aromatic N) is 2. The predicted molar refractivity (Wildman–Crippen MR) is 135 cm³/mol. The Bertz CT molecular complexity index is 1300. The number of carbonyl (C=O) groups is 1. The molecule has 0 bridgehead atoms. The number of carbonyl (C=O) groups excluding carboxylic acids is 1. The Kier molecular flexibility index (Phi) is 8.30. The van der Waals surface area contributed by atoms with Crippen LogP contribution in [0.1, 0.15) is 12.5 Å². The Balaban J connectivity index is 1.85. The average molecular weight is 546 g/mol. The Morgan fingerprint density at radius 2 is 1.68 bits per heavy atom. The number of hydrogen-bond donors (Lipinski definition) is 1. The molecule has 0 heterocycles. The molecule has 1 amide bonds. The quantitative estimate of drug-likeness (QED) is 0.321. The van der Waals surface area contributed by atoms with Crippen molar-refractivity contribution < 1.29 is 22.7 Å². The molecule has 10 heteroatoms. The third kappa shape index (κ3) is 5.95. The maximum absolute atomic E-state index is 13.3. The maximum atomic E-state index is 13.3. The lowest BCUT2D eigenvalue weighted by Gasteiger charge is -2.24. The molecule has 8 nitrogen and oxygen atoms in total. The highest BCUT2D eigenvalue weighted by Crippen LogP contribution is 2.28. The van der Waals surface area contributed by atoms with Gasteiger partial charge in [-0.05, 0) is 55.5 Å². The van der Waals surface area contributed by atoms with E-state index >= 15 is 0 Å². The van der Waals surface area contributed by atoms with Crippen LogP contribution in [0.15, 0.2) is 87.3 Å². The van der Waals surface area contributed by atoms with Gasteiger partial charge in [-0.25, -0.2) is 13.8 Å². The van der Waals surface area contributed by atoms with Gasteiger partial charge >= 0.3 is 0 Å². The number of methoxy groups -OCH3 is 2. The summed E-state index contributed by atoms with van der Waals surface area (Å²) in [5.41, 5.74) is 4.00. The van der Waals surface area contributed by atoms with Crippen LogP contribution in [-0.2, 0) is 14.8 Å². The predicted octanol–water partition coefficient (Wildman–Crippen LogP) is 4.20. The van der Waals surface area contributed by atoms with E-state index in [0.29, 0.717) is 32.9 Å². The minimum absolute atomic E-state index is 0.0767. The summed E-state index contributed by atoms with van der Waals surface area (Å²) in [6, 6.07) is 19.9. The minimum Gasteiger partial charge on any atom is -0.493 e. The molecule has 0 aliphatic rings. The first kappa shape index (κ1) is 25.3. The van der Waals surface area contributed by atoms with E-state index in [0.717, 1.165) is 4.31 Å². The van der Waals surface area contributed by atoms with Crippen LogP contribution in [0, 0.1) is 0 Å². The van der Waals surface area contributed by atoms with Gasteiger partial charge in [-0.3, -0.25) is 9.10 Å². The second kappa shape index (κ2) is 11.2. The highest BCUT2D eigenvalue weighted by molar-refractivity contribution is 9.10. The number of ether oxygens (including phenoxy) is 2. The fourth-order valence-corrected chi connectivity index (χ4v) is 4.92. The van der Waals surface area contributed by atoms with Gasteiger partial charge in [-0.15, -0.1) is 0 Å². The number of anilines is 1. The Labute approximate surface area is 207 Å². The standard InChI is InChI=1S/C24H24BrN3O5S/c1-17(18-12-13-22(32-2)23(14-18)33-3)26-27-24(29)16-28(20-9-7-8-19(25)15-20)34(30,31)21-10-5-4-6-11-21/h4-15H,16H2,1-3H3,(H,27,29). The third-order valence-electron chi connectivity index (χ3n) is 4.86. The second-order valence-electron chi connectivity index (χ2n) is 7.11. The van der Waals surface area contributed by atoms with Gasteiger partial charge in [0.1, 0.15) is 6.54 Å². The summed E-state index contributed by atoms with van der Waals surface area (Å²) in [4.78, 5) is 12.8. The molecule has 0 unspecified atom stereocenters. The van der Waals surface area contributed by atoms with Crippen LogP contribution in [0.5, 0.6) is 11.5 Å². The first-order valence-corrected chi connectivity index (χ1v) is 12.4. The largest absolute Gasteiger partial charge is 0.493 e. The Morgan fingerprint density at radius 3 is 2.32 bits per heavy atom. The Hall–Kier alpha value is -3.37. The zero-order valence-electron chi connectivity index (χ0n) is 18.9. The number of benzene rings is 3. The Morgan fingerprint density at radius 1 is 0.971 bits per heavy atom. The van der Waals surface area contributed by atoms with E-state index < -0.39 is 22.5 Å². The van der Waals surface area contributed by atoms with Crippen molar-refractivity contribution in [2.24, 2.45) is 5.10 Å². The molecule has 3 aromatic rings. The minimum atomic E-state index is -4.00. The molecule has 0 aliphatic carbocycles. The van der Waals surface area contributed by atoms with Crippen LogP contribution < -0.4 is 19.2 Å². The van der Waals surface area contributed by atoms with Crippen molar-refractivity contribution in [2.75, 3.05) is 25.1 Å². The van der Waals surface area contributed by atoms with Crippen molar-refractivity contribution in [3.8, 4) is 11.5 Å². The summed E-state index contributed by atoms with van der Waals surface area (Å²) in [5, 5.41) is 4.13. The molecule has 34 heavy (non-hydrogen) atoms. The first-order chi connectivity index (χ1) is 16.3. The summed E-state index contributed by atoms with van der Waals surface area (Å²) >= 11 is 3.35. The van der Waals surface area contributed by atoms with E-state index in [1.807, 2.05) is 0 Å². The molecule has 1 N–H and O–H groups in total. The second-order valence-corrected chi connectivity index (χ2v) is 9.88. The lowest BCUT2D eigenvalue weighted by molar-refractivity contribution is -0.119. The van der Waals surface area contributed by atoms with Gasteiger partial charge in [-0.2, -0.15) is 5.10 Å². The number of hydrazone groups is 1. The fourth-order valence-electron chi connectivity index (χ4n) is 3.10. The van der Waals surface area contributed by atoms with Gasteiger partial charge in [-0.1, -0.05) is 40.2 Å². The highest BCUT2D eigenvalue weighted by atomic mass is 79.9. The van der Waals surface area contributed by atoms with Crippen LogP contribution in [0.2, 0.25) is 0 Å². The van der Waals surface area contributed by atoms with Gasteiger partial charge in [0, 0.05) is 10.0 Å². The van der Waals surface area contributed by atoms with Crippen molar-refractivity contribution >= 4 is 43.3 Å². The maximum Gasteiger partial charge on any atom is 0.264 e. The molecule has 0 atom stereocenters. The van der Waals surface area contributed by atoms with Crippen molar-refractivity contribution in [1.29, 1.82) is 0 Å². The number of halogens is 1. The van der Waals surface area contributed by atoms with E-state index in [-0.39, 0.29) is 4.90 Å². The number of hydrogen-bond acceptors (Lipinski definition) is 6. The number of nitrogens with one attached hydrogen (secondary N) is 1. The summed E-state index contributed by atoms with van der Waals surface area (Å²) in [5.74, 6) is 0.494. The van der Waals surface area contributed by atoms with E-state index in [2.05, 4.69) is 26.5 Å². The number of sulfonamides is 1. The van der Waals surface area contributed by atoms with Crippen LogP contribution in [0.25, 0.3) is 0 Å². The fraction of sp³-hybridized carbons (Fsp3) is 0.167. The molecule has 0 spiro atoms. The van der Waals surface area contributed by atoms with E-state index in [4.69, 9.17) is 9.47 Å². The lowest BCUT2D eigenvalue weighted by atomic mass is 10.1. The zero-order chi connectivity index (χ0) is 24.7. The van der Waals surface area contributed by atoms with Crippen LogP contribution in [0.4, 0.5) is 5.69 Å². The van der Waals surface area contributed by atoms with Gasteiger partial charge in [0.15, 0.2) is 11.5 Å². The number of amides is 1. The first-order valence-electron chi connectivity index (χ1n) is 10.1. The lowest BCUT2D eigenvalue weighted by Crippen LogP contribution is -2.39. The van der Waals surface area contributed by atoms with E-state index in [9.17, 15) is 13.2 Å². The smallest absolute Gasteiger partial charge is 0.264 e. The van der Waals surface area contributed by atoms with Crippen molar-refractivity contribution in [2.45, 2.75) is 11.8 Å². The molecule has 0 saturated heterocycles. The molecule has 0 fully saturated rings. The molecular formula is C24H24BrN3O5S. The van der Waals surface area contributed by atoms with Gasteiger partial charge < -0.3 is 9.47 Å². The summed E-state index contributed by atoms with van der Waals surface area (Å²) < 4.78 is 38.9. The van der Waals surface area contributed by atoms with E-state index in [1.165, 1.54) is 19.2 Å². The highest BCUT2D eigenvalue weighted by Gasteiger charge is 2.27. The van der Waals surface area contributed by atoms with Crippen LogP contribution in [0.3, 0.4) is 0 Å². The molecule has 0 aromatic heterocycles. The van der Waals surface area contributed by atoms with Crippen molar-refractivity contribution in [3.05, 3.63) is 82.8 Å². The monoisotopic (exact) mass is 545 g/mol. The molecule has 3 rings (SSSR count). The van der Waals surface area contributed by atoms with Gasteiger partial charge in [0.25, 0.3) is 15.9 Å². The van der Waals surface area contributed by atoms with Crippen LogP contribution in [-0.4, -0.2) is 40.8 Å². The molecule has 0 radical (unpaired) electrons. The SMILES string of the molecule is COc1ccc(C(C)=NNC(=O)CN(c2cccc(Br)c2)S(=O)(=O)c2ccccc2)cc1OC. The summed E-state index contributed by atoms with van der Waals surface area (Å²) in [6.07, 6.45) is 0. The van der Waals surface area contributed by atoms with Gasteiger partial charge in [0.2, 0.25) is 0 Å². The zero-order valence-corrected chi connectivity index (χ0v) is 21.3. The van der Waals surface area contributed by atoms with Crippen molar-refractivity contribution in [1.82, 2.24) is 5.43 Å². The summed E-state index contributed by atoms with van der Waals surface area (Å²) in [7, 11) is -0.932. The third-order valence-corrected chi connectivity index (χ3v) is 7.15. The van der Waals surface area contributed by atoms with Crippen molar-refractivity contribution in [3.63, 3.8) is 0 Å². The normalized spacial score (nSPS) is 11.6. The summed E-state index contributed by atoms with van der Waals surface area (Å²) in [6.45, 7) is 1.25. The van der Waals surface area contributed by atoms with Gasteiger partial charge in [0.05, 0.1) is 30.5 Å². The topological polar surface area (TPSA) is 97.3 Å². The molecule has 0 aliphatic heterocycles. The van der Waals surface area contributed by atoms with E-state index in [1.54, 1.807) is 74.7 Å².